The fourth-order valence-electron chi connectivity index (χ4n) is 2.71. The number of nitro groups is 2. The maximum atomic E-state index is 14.5. The number of hydrogen-bond acceptors (Lipinski definition) is 5. The van der Waals surface area contributed by atoms with Crippen molar-refractivity contribution >= 4 is 77.2 Å². The molecule has 0 N–H and O–H groups in total. The largest absolute Gasteiger partial charge is 0.418 e. The standard InChI is InChI=1S/C16H10Br2F4IN3O4/c1-2-3-24(15-9(17)6-10(23)13(19)12(15)18)14-8(16(20,21)22)4-7(25(27)28)5-11(14)26(29)30/h4-6H,2-3H2,1H3. The van der Waals surface area contributed by atoms with E-state index in [9.17, 15) is 37.8 Å². The van der Waals surface area contributed by atoms with Crippen LogP contribution in [0.2, 0.25) is 0 Å². The first-order valence-electron chi connectivity index (χ1n) is 7.95. The Kier molecular flexibility index (Phi) is 7.66. The third-order valence-electron chi connectivity index (χ3n) is 3.86. The molecule has 0 saturated heterocycles. The van der Waals surface area contributed by atoms with E-state index in [1.807, 2.05) is 0 Å². The van der Waals surface area contributed by atoms with Crippen molar-refractivity contribution in [1.82, 2.24) is 0 Å². The first kappa shape index (κ1) is 24.7. The summed E-state index contributed by atoms with van der Waals surface area (Å²) in [5.74, 6) is -0.770. The van der Waals surface area contributed by atoms with E-state index in [0.717, 1.165) is 4.90 Å². The summed E-state index contributed by atoms with van der Waals surface area (Å²) in [6.45, 7) is 1.45. The third kappa shape index (κ3) is 4.85. The lowest BCUT2D eigenvalue weighted by Crippen LogP contribution is -2.24. The molecule has 0 amide bonds. The summed E-state index contributed by atoms with van der Waals surface area (Å²) in [6, 6.07) is 2.00. The Morgan fingerprint density at radius 3 is 2.17 bits per heavy atom. The molecule has 14 heteroatoms. The van der Waals surface area contributed by atoms with Gasteiger partial charge in [0.15, 0.2) is 5.82 Å². The molecule has 0 aliphatic rings. The third-order valence-corrected chi connectivity index (χ3v) is 5.98. The van der Waals surface area contributed by atoms with Gasteiger partial charge in [-0.2, -0.15) is 13.2 Å². The molecule has 0 aliphatic heterocycles. The molecule has 0 aromatic heterocycles. The molecule has 0 radical (unpaired) electrons. The van der Waals surface area contributed by atoms with Crippen LogP contribution in [-0.4, -0.2) is 16.4 Å². The fourth-order valence-corrected chi connectivity index (χ4v) is 5.64. The zero-order valence-corrected chi connectivity index (χ0v) is 20.1. The highest BCUT2D eigenvalue weighted by Crippen LogP contribution is 2.50. The molecule has 2 rings (SSSR count). The highest BCUT2D eigenvalue weighted by Gasteiger charge is 2.42. The van der Waals surface area contributed by atoms with Crippen LogP contribution >= 0.6 is 54.5 Å². The molecule has 2 aromatic rings. The maximum absolute atomic E-state index is 14.5. The van der Waals surface area contributed by atoms with Crippen LogP contribution in [-0.2, 0) is 6.18 Å². The Morgan fingerprint density at radius 2 is 1.70 bits per heavy atom. The van der Waals surface area contributed by atoms with Gasteiger partial charge < -0.3 is 4.90 Å². The van der Waals surface area contributed by atoms with Gasteiger partial charge in [0.2, 0.25) is 0 Å². The molecule has 0 saturated carbocycles. The van der Waals surface area contributed by atoms with Crippen molar-refractivity contribution in [1.29, 1.82) is 0 Å². The molecule has 0 atom stereocenters. The lowest BCUT2D eigenvalue weighted by atomic mass is 10.1. The van der Waals surface area contributed by atoms with Crippen LogP contribution in [0.1, 0.15) is 18.9 Å². The van der Waals surface area contributed by atoms with Crippen molar-refractivity contribution < 1.29 is 27.4 Å². The van der Waals surface area contributed by atoms with Gasteiger partial charge in [0, 0.05) is 17.1 Å². The van der Waals surface area contributed by atoms with Crippen molar-refractivity contribution in [2.45, 2.75) is 19.5 Å². The van der Waals surface area contributed by atoms with Gasteiger partial charge in [-0.25, -0.2) is 4.39 Å². The van der Waals surface area contributed by atoms with Crippen LogP contribution in [0.4, 0.5) is 40.3 Å². The monoisotopic (exact) mass is 669 g/mol. The van der Waals surface area contributed by atoms with E-state index in [0.29, 0.717) is 6.07 Å². The molecule has 30 heavy (non-hydrogen) atoms. The van der Waals surface area contributed by atoms with Gasteiger partial charge in [0.25, 0.3) is 11.4 Å². The van der Waals surface area contributed by atoms with Crippen molar-refractivity contribution in [3.05, 3.63) is 62.3 Å². The van der Waals surface area contributed by atoms with E-state index < -0.39 is 44.5 Å². The summed E-state index contributed by atoms with van der Waals surface area (Å²) in [4.78, 5) is 21.3. The summed E-state index contributed by atoms with van der Waals surface area (Å²) in [5.41, 5.74) is -4.81. The minimum absolute atomic E-state index is 0.114. The summed E-state index contributed by atoms with van der Waals surface area (Å²) in [6.07, 6.45) is -4.92. The summed E-state index contributed by atoms with van der Waals surface area (Å²) < 4.78 is 56.1. The van der Waals surface area contributed by atoms with E-state index in [4.69, 9.17) is 0 Å². The fraction of sp³-hybridized carbons (Fsp3) is 0.250. The number of nitrogens with zero attached hydrogens (tertiary/aromatic N) is 3. The van der Waals surface area contributed by atoms with Crippen LogP contribution in [0, 0.1) is 29.6 Å². The van der Waals surface area contributed by atoms with Crippen molar-refractivity contribution in [2.75, 3.05) is 11.4 Å². The number of rotatable bonds is 6. The first-order valence-corrected chi connectivity index (χ1v) is 10.6. The lowest BCUT2D eigenvalue weighted by molar-refractivity contribution is -0.394. The Balaban J connectivity index is 3.02. The highest BCUT2D eigenvalue weighted by molar-refractivity contribution is 14.1. The number of alkyl halides is 3. The van der Waals surface area contributed by atoms with Crippen LogP contribution in [0.3, 0.4) is 0 Å². The Labute approximate surface area is 197 Å². The number of halogens is 7. The number of non-ortho nitro benzene ring substituents is 1. The minimum atomic E-state index is -5.15. The maximum Gasteiger partial charge on any atom is 0.418 e. The summed E-state index contributed by atoms with van der Waals surface area (Å²) >= 11 is 7.87. The predicted molar refractivity (Wildman–Crippen MR) is 117 cm³/mol. The molecule has 7 nitrogen and oxygen atoms in total. The number of anilines is 2. The molecular weight excluding hydrogens is 661 g/mol. The minimum Gasteiger partial charge on any atom is -0.333 e. The Bertz CT molecular complexity index is 1040. The molecule has 2 aromatic carbocycles. The molecule has 162 valence electrons. The molecule has 0 heterocycles. The van der Waals surface area contributed by atoms with Crippen molar-refractivity contribution in [3.8, 4) is 0 Å². The molecular formula is C16H10Br2F4IN3O4. The van der Waals surface area contributed by atoms with E-state index >= 15 is 0 Å². The van der Waals surface area contributed by atoms with Crippen molar-refractivity contribution in [2.24, 2.45) is 0 Å². The second-order valence-electron chi connectivity index (χ2n) is 5.84. The van der Waals surface area contributed by atoms with Gasteiger partial charge >= 0.3 is 6.18 Å². The first-order chi connectivity index (χ1) is 13.8. The number of hydrogen-bond donors (Lipinski definition) is 0. The van der Waals surface area contributed by atoms with E-state index in [2.05, 4.69) is 31.9 Å². The van der Waals surface area contributed by atoms with Gasteiger partial charge in [-0.1, -0.05) is 6.92 Å². The summed E-state index contributed by atoms with van der Waals surface area (Å²) in [7, 11) is 0. The normalized spacial score (nSPS) is 11.5. The van der Waals surface area contributed by atoms with Crippen LogP contribution in [0.15, 0.2) is 27.1 Å². The van der Waals surface area contributed by atoms with E-state index in [1.54, 1.807) is 29.5 Å². The smallest absolute Gasteiger partial charge is 0.333 e. The summed E-state index contributed by atoms with van der Waals surface area (Å²) in [5, 5.41) is 22.7. The zero-order chi connectivity index (χ0) is 23.0. The Hall–Kier alpha value is -1.55. The van der Waals surface area contributed by atoms with Crippen molar-refractivity contribution in [3.63, 3.8) is 0 Å². The topological polar surface area (TPSA) is 89.5 Å². The van der Waals surface area contributed by atoms with Crippen LogP contribution in [0.25, 0.3) is 0 Å². The average molecular weight is 671 g/mol. The number of benzene rings is 2. The Morgan fingerprint density at radius 1 is 1.10 bits per heavy atom. The average Bonchev–Trinajstić information content (AvgIpc) is 2.63. The van der Waals surface area contributed by atoms with E-state index in [-0.39, 0.29) is 37.2 Å². The zero-order valence-electron chi connectivity index (χ0n) is 14.8. The van der Waals surface area contributed by atoms with Gasteiger partial charge in [-0.3, -0.25) is 20.2 Å². The predicted octanol–water partition coefficient (Wildman–Crippen LogP) is 7.34. The lowest BCUT2D eigenvalue weighted by Gasteiger charge is -2.29. The molecule has 0 aliphatic carbocycles. The van der Waals surface area contributed by atoms with E-state index in [1.165, 1.54) is 6.07 Å². The number of nitro benzene ring substituents is 2. The quantitative estimate of drug-likeness (QED) is 0.0802. The van der Waals surface area contributed by atoms with Gasteiger partial charge in [0.05, 0.1) is 35.2 Å². The van der Waals surface area contributed by atoms with Crippen LogP contribution < -0.4 is 4.90 Å². The van der Waals surface area contributed by atoms with Gasteiger partial charge in [-0.15, -0.1) is 0 Å². The molecule has 0 spiro atoms. The molecule has 0 bridgehead atoms. The second kappa shape index (κ2) is 9.30. The second-order valence-corrected chi connectivity index (χ2v) is 8.65. The van der Waals surface area contributed by atoms with Gasteiger partial charge in [0.1, 0.15) is 5.69 Å². The van der Waals surface area contributed by atoms with Gasteiger partial charge in [-0.05, 0) is 66.9 Å². The SMILES string of the molecule is CCCN(c1c([N+](=O)[O-])cc([N+](=O)[O-])cc1C(F)(F)F)c1c(Br)cc(I)c(F)c1Br. The van der Waals surface area contributed by atoms with Crippen LogP contribution in [0.5, 0.6) is 0 Å². The molecule has 0 fully saturated rings. The highest BCUT2D eigenvalue weighted by atomic mass is 127. The molecule has 0 unspecified atom stereocenters.